The molecule has 14 N–H and O–H groups in total. The third-order valence-corrected chi connectivity index (χ3v) is 12.1. The largest absolute Gasteiger partial charge is 0.370 e. The highest BCUT2D eigenvalue weighted by atomic mass is 35.5. The molecule has 0 spiro atoms. The Balaban J connectivity index is 1.47. The highest BCUT2D eigenvalue weighted by molar-refractivity contribution is 6.52. The zero-order valence-electron chi connectivity index (χ0n) is 35.6. The zero-order valence-corrected chi connectivity index (χ0v) is 37.1. The van der Waals surface area contributed by atoms with Gasteiger partial charge in [0.05, 0.1) is 24.2 Å². The summed E-state index contributed by atoms with van der Waals surface area (Å²) >= 11 is 13.0. The summed E-state index contributed by atoms with van der Waals surface area (Å²) < 4.78 is 0. The summed E-state index contributed by atoms with van der Waals surface area (Å²) in [5.74, 6) is -6.04. The lowest BCUT2D eigenvalue weighted by molar-refractivity contribution is -0.140. The van der Waals surface area contributed by atoms with Gasteiger partial charge in [0, 0.05) is 26.2 Å². The van der Waals surface area contributed by atoms with Crippen LogP contribution in [0.5, 0.6) is 0 Å². The number of halogens is 2. The molecule has 4 amide bonds. The minimum absolute atomic E-state index is 0.0795. The van der Waals surface area contributed by atoms with E-state index < -0.39 is 88.0 Å². The summed E-state index contributed by atoms with van der Waals surface area (Å²) in [6, 6.07) is 11.7. The Morgan fingerprint density at radius 3 is 1.31 bits per heavy atom. The van der Waals surface area contributed by atoms with Crippen LogP contribution in [0.3, 0.4) is 0 Å². The van der Waals surface area contributed by atoms with Crippen molar-refractivity contribution in [1.82, 2.24) is 31.1 Å². The molecule has 4 rings (SSSR count). The second kappa shape index (κ2) is 25.0. The van der Waals surface area contributed by atoms with Crippen LogP contribution in [-0.4, -0.2) is 136 Å². The smallest absolute Gasteiger partial charge is 0.243 e. The van der Waals surface area contributed by atoms with E-state index in [-0.39, 0.29) is 89.5 Å². The molecule has 0 saturated carbocycles. The minimum atomic E-state index is -2.04. The molecular weight excluding hydrogens is 867 g/mol. The van der Waals surface area contributed by atoms with Gasteiger partial charge in [-0.1, -0.05) is 60.7 Å². The maximum Gasteiger partial charge on any atom is 0.243 e. The van der Waals surface area contributed by atoms with Gasteiger partial charge >= 0.3 is 0 Å². The van der Waals surface area contributed by atoms with Gasteiger partial charge in [0.25, 0.3) is 0 Å². The van der Waals surface area contributed by atoms with E-state index in [9.17, 15) is 33.6 Å². The Labute approximate surface area is 382 Å². The summed E-state index contributed by atoms with van der Waals surface area (Å²) in [6.07, 6.45) is 2.23. The number of rotatable bonds is 24. The van der Waals surface area contributed by atoms with Crippen LogP contribution in [0.1, 0.15) is 62.5 Å². The fourth-order valence-corrected chi connectivity index (χ4v) is 8.49. The molecule has 21 heteroatoms. The molecule has 2 fully saturated rings. The molecule has 0 aromatic heterocycles. The number of ketones is 3. The number of amides is 4. The molecule has 2 unspecified atom stereocenters. The quantitative estimate of drug-likeness (QED) is 0.0210. The third-order valence-electron chi connectivity index (χ3n) is 11.2. The Bertz CT molecular complexity index is 1840. The molecule has 2 aromatic rings. The standard InChI is InChI=1S/C43H60Cl2N12O7/c44-33(35(58)29(15-7-19-52-42(48)49)54-38(61)31-17-9-21-56(31)40(63)27(46)23-25-11-3-1-4-12-25)37(60)34(45)36(59)30(16-8-20-53-43(50)51)55-39(62)32-18-10-22-57(32)41(64)28(47)24-26-13-5-2-6-14-26/h1-6,11-14,27-34H,7-10,15-24,46-47H2,(H,54,61)(H,55,62)(H4,48,49,52)(H4,50,51,53)/t27-,28-,29+,30+,31+,32+,33?,34?/m1/s1. The number of likely N-dealkylation sites (tertiary alicyclic amines) is 2. The molecule has 2 aromatic carbocycles. The molecule has 2 aliphatic heterocycles. The van der Waals surface area contributed by atoms with E-state index in [1.807, 2.05) is 60.7 Å². The Morgan fingerprint density at radius 2 is 0.969 bits per heavy atom. The summed E-state index contributed by atoms with van der Waals surface area (Å²) in [4.78, 5) is 99.1. The molecule has 8 atom stereocenters. The lowest BCUT2D eigenvalue weighted by Crippen LogP contribution is -2.56. The van der Waals surface area contributed by atoms with Gasteiger partial charge in [0.2, 0.25) is 23.6 Å². The first-order valence-electron chi connectivity index (χ1n) is 21.4. The number of nitrogens with zero attached hydrogens (tertiary/aromatic N) is 2. The van der Waals surface area contributed by atoms with Crippen molar-refractivity contribution < 1.29 is 33.6 Å². The fourth-order valence-electron chi connectivity index (χ4n) is 7.87. The topological polar surface area (TPSA) is 326 Å². The van der Waals surface area contributed by atoms with Crippen molar-refractivity contribution >= 4 is 76.1 Å². The fraction of sp³-hybridized carbons (Fsp3) is 0.512. The minimum Gasteiger partial charge on any atom is -0.370 e. The third kappa shape index (κ3) is 14.7. The molecule has 2 aliphatic rings. The number of guanidine groups is 2. The van der Waals surface area contributed by atoms with Crippen molar-refractivity contribution in [3.8, 4) is 0 Å². The van der Waals surface area contributed by atoms with E-state index in [4.69, 9.17) is 57.0 Å². The molecule has 2 heterocycles. The van der Waals surface area contributed by atoms with Gasteiger partial charge in [-0.3, -0.25) is 44.4 Å². The maximum atomic E-state index is 14.0. The molecule has 0 aliphatic carbocycles. The van der Waals surface area contributed by atoms with Crippen LogP contribution in [0.25, 0.3) is 0 Å². The number of Topliss-reactive ketones (excluding diaryl/α,β-unsaturated/α-hetero) is 3. The summed E-state index contributed by atoms with van der Waals surface area (Å²) in [6.45, 7) is 0.759. The van der Waals surface area contributed by atoms with Gasteiger partial charge in [-0.2, -0.15) is 0 Å². The molecule has 348 valence electrons. The zero-order chi connectivity index (χ0) is 46.9. The van der Waals surface area contributed by atoms with E-state index >= 15 is 0 Å². The van der Waals surface area contributed by atoms with Crippen molar-refractivity contribution in [3.63, 3.8) is 0 Å². The Kier molecular flexibility index (Phi) is 19.9. The van der Waals surface area contributed by atoms with Crippen LogP contribution in [0.4, 0.5) is 0 Å². The van der Waals surface area contributed by atoms with Crippen molar-refractivity contribution in [1.29, 1.82) is 10.8 Å². The van der Waals surface area contributed by atoms with E-state index in [1.54, 1.807) is 0 Å². The van der Waals surface area contributed by atoms with Crippen LogP contribution in [0.2, 0.25) is 0 Å². The summed E-state index contributed by atoms with van der Waals surface area (Å²) in [5.41, 5.74) is 25.1. The van der Waals surface area contributed by atoms with Gasteiger partial charge in [0.15, 0.2) is 40.0 Å². The van der Waals surface area contributed by atoms with Crippen LogP contribution in [0, 0.1) is 10.8 Å². The molecule has 19 nitrogen and oxygen atoms in total. The molecule has 0 bridgehead atoms. The van der Waals surface area contributed by atoms with Crippen LogP contribution in [0.15, 0.2) is 60.7 Å². The number of carbonyl (C=O) groups is 7. The van der Waals surface area contributed by atoms with Crippen LogP contribution >= 0.6 is 23.2 Å². The second-order valence-electron chi connectivity index (χ2n) is 16.0. The van der Waals surface area contributed by atoms with Crippen molar-refractivity contribution in [2.24, 2.45) is 22.9 Å². The first kappa shape index (κ1) is 51.0. The lowest BCUT2D eigenvalue weighted by atomic mass is 9.95. The van der Waals surface area contributed by atoms with Crippen molar-refractivity contribution in [2.45, 2.75) is 111 Å². The SMILES string of the molecule is N=C(N)NCCC[C@H](NC(=O)[C@@H]1CCCN1C(=O)[C@H](N)Cc1ccccc1)C(=O)C(Cl)C(=O)C(Cl)C(=O)[C@H](CCCNC(=N)N)NC(=O)[C@@H]1CCCN1C(=O)[C@H](N)Cc1ccccc1. The summed E-state index contributed by atoms with van der Waals surface area (Å²) in [5, 5.41) is 21.3. The number of carbonyl (C=O) groups excluding carboxylic acids is 7. The highest BCUT2D eigenvalue weighted by Gasteiger charge is 2.43. The molecule has 64 heavy (non-hydrogen) atoms. The first-order chi connectivity index (χ1) is 30.5. The number of hydrogen-bond acceptors (Lipinski definition) is 11. The van der Waals surface area contributed by atoms with Gasteiger partial charge in [-0.25, -0.2) is 0 Å². The Hall–Kier alpha value is -5.63. The normalized spacial score (nSPS) is 18.7. The number of alkyl halides is 2. The van der Waals surface area contributed by atoms with Gasteiger partial charge < -0.3 is 54.0 Å². The molecule has 0 radical (unpaired) electrons. The number of nitrogens with one attached hydrogen (secondary N) is 6. The van der Waals surface area contributed by atoms with Gasteiger partial charge in [-0.05, 0) is 75.3 Å². The molecular formula is C43H60Cl2N12O7. The number of benzene rings is 2. The Morgan fingerprint density at radius 1 is 0.609 bits per heavy atom. The highest BCUT2D eigenvalue weighted by Crippen LogP contribution is 2.23. The van der Waals surface area contributed by atoms with Crippen LogP contribution < -0.4 is 44.2 Å². The monoisotopic (exact) mass is 926 g/mol. The first-order valence-corrected chi connectivity index (χ1v) is 22.2. The van der Waals surface area contributed by atoms with Gasteiger partial charge in [0.1, 0.15) is 12.1 Å². The average Bonchev–Trinajstić information content (AvgIpc) is 3.98. The van der Waals surface area contributed by atoms with Crippen molar-refractivity contribution in [3.05, 3.63) is 71.8 Å². The predicted octanol–water partition coefficient (Wildman–Crippen LogP) is -0.473. The van der Waals surface area contributed by atoms with E-state index in [1.165, 1.54) is 9.80 Å². The second-order valence-corrected chi connectivity index (χ2v) is 16.9. The van der Waals surface area contributed by atoms with Crippen LogP contribution in [-0.2, 0) is 46.4 Å². The van der Waals surface area contributed by atoms with Gasteiger partial charge in [-0.15, -0.1) is 23.2 Å². The molecule has 2 saturated heterocycles. The number of nitrogens with two attached hydrogens (primary N) is 4. The average molecular weight is 928 g/mol. The number of hydrogen-bond donors (Lipinski definition) is 10. The lowest BCUT2D eigenvalue weighted by Gasteiger charge is -2.29. The van der Waals surface area contributed by atoms with E-state index in [0.717, 1.165) is 11.1 Å². The summed E-state index contributed by atoms with van der Waals surface area (Å²) in [7, 11) is 0. The van der Waals surface area contributed by atoms with E-state index in [2.05, 4.69) is 21.3 Å². The van der Waals surface area contributed by atoms with Crippen molar-refractivity contribution in [2.75, 3.05) is 26.2 Å². The maximum absolute atomic E-state index is 14.0. The van der Waals surface area contributed by atoms with E-state index in [0.29, 0.717) is 12.8 Å². The predicted molar refractivity (Wildman–Crippen MR) is 242 cm³/mol.